The number of nitrogens with one attached hydrogen (secondary N) is 1. The summed E-state index contributed by atoms with van der Waals surface area (Å²) in [4.78, 5) is 11.3. The maximum Gasteiger partial charge on any atom is 0.481 e. The average molecular weight is 371 g/mol. The third-order valence-corrected chi connectivity index (χ3v) is 6.78. The molecule has 1 saturated carbocycles. The van der Waals surface area contributed by atoms with Crippen molar-refractivity contribution >= 4 is 13.5 Å². The Bertz CT molecular complexity index is 684. The Hall–Kier alpha value is -1.53. The lowest BCUT2D eigenvalue weighted by Gasteiger charge is -2.44. The molecular weight excluding hydrogens is 341 g/mol. The Morgan fingerprint density at radius 1 is 1.33 bits per heavy atom. The predicted octanol–water partition coefficient (Wildman–Crippen LogP) is 3.32. The van der Waals surface area contributed by atoms with Crippen molar-refractivity contribution in [3.05, 3.63) is 29.8 Å². The molecule has 1 N–H and O–H groups in total. The number of rotatable bonds is 6. The van der Waals surface area contributed by atoms with Crippen LogP contribution < -0.4 is 10.1 Å². The quantitative estimate of drug-likeness (QED) is 0.616. The zero-order chi connectivity index (χ0) is 19.0. The Kier molecular flexibility index (Phi) is 5.21. The summed E-state index contributed by atoms with van der Waals surface area (Å²) in [6.07, 6.45) is 5.00. The molecule has 0 bridgehead atoms. The van der Waals surface area contributed by atoms with Crippen LogP contribution in [0.15, 0.2) is 24.3 Å². The molecule has 0 aromatic heterocycles. The molecule has 2 fully saturated rings. The number of carbonyl (C=O) groups excluding carboxylic acids is 1. The smallest absolute Gasteiger partial charge is 0.481 e. The Labute approximate surface area is 162 Å². The van der Waals surface area contributed by atoms with Crippen molar-refractivity contribution in [2.45, 2.75) is 70.0 Å². The van der Waals surface area contributed by atoms with Gasteiger partial charge in [-0.3, -0.25) is 4.79 Å². The Balaban J connectivity index is 1.51. The van der Waals surface area contributed by atoms with Crippen LogP contribution in [0.5, 0.6) is 5.75 Å². The Morgan fingerprint density at radius 3 is 2.93 bits per heavy atom. The molecule has 2 aliphatic heterocycles. The normalized spacial score (nSPS) is 33.3. The van der Waals surface area contributed by atoms with Gasteiger partial charge in [0.05, 0.1) is 24.3 Å². The molecule has 1 aromatic rings. The molecule has 1 amide bonds. The lowest BCUT2D eigenvalue weighted by molar-refractivity contribution is -0.110. The van der Waals surface area contributed by atoms with Gasteiger partial charge >= 0.3 is 7.12 Å². The van der Waals surface area contributed by atoms with Gasteiger partial charge in [0.2, 0.25) is 6.41 Å². The van der Waals surface area contributed by atoms with E-state index in [1.165, 1.54) is 18.4 Å². The first kappa shape index (κ1) is 18.8. The summed E-state index contributed by atoms with van der Waals surface area (Å²) in [6, 6.07) is 8.14. The average Bonchev–Trinajstić information content (AvgIpc) is 3.21. The summed E-state index contributed by atoms with van der Waals surface area (Å²) < 4.78 is 18.8. The van der Waals surface area contributed by atoms with Gasteiger partial charge in [-0.15, -0.1) is 0 Å². The summed E-state index contributed by atoms with van der Waals surface area (Å²) in [5.41, 5.74) is 0.932. The van der Waals surface area contributed by atoms with Gasteiger partial charge in [-0.2, -0.15) is 0 Å². The van der Waals surface area contributed by atoms with Gasteiger partial charge in [0.25, 0.3) is 0 Å². The topological polar surface area (TPSA) is 56.8 Å². The van der Waals surface area contributed by atoms with E-state index in [-0.39, 0.29) is 23.6 Å². The van der Waals surface area contributed by atoms with E-state index in [0.29, 0.717) is 18.4 Å². The second-order valence-electron chi connectivity index (χ2n) is 8.75. The van der Waals surface area contributed by atoms with Crippen molar-refractivity contribution in [2.75, 3.05) is 6.61 Å². The maximum atomic E-state index is 11.3. The second-order valence-corrected chi connectivity index (χ2v) is 8.75. The molecule has 1 aromatic carbocycles. The molecule has 2 heterocycles. The van der Waals surface area contributed by atoms with Crippen molar-refractivity contribution in [1.29, 1.82) is 0 Å². The number of ether oxygens (including phenoxy) is 1. The SMILES string of the molecule is CC(C)[C@@H]1CCCC2OB(C(CC3COc4ccccc43)NC=O)O[C@]21C. The van der Waals surface area contributed by atoms with Crippen LogP contribution >= 0.6 is 0 Å². The molecule has 1 aliphatic carbocycles. The minimum Gasteiger partial charge on any atom is -0.493 e. The van der Waals surface area contributed by atoms with E-state index in [1.54, 1.807) is 0 Å². The van der Waals surface area contributed by atoms with Crippen LogP contribution in [-0.2, 0) is 14.1 Å². The van der Waals surface area contributed by atoms with Gasteiger partial charge in [0, 0.05) is 11.5 Å². The molecule has 6 heteroatoms. The highest BCUT2D eigenvalue weighted by Gasteiger charge is 2.57. The fourth-order valence-electron chi connectivity index (χ4n) is 5.39. The number of amides is 1. The number of para-hydroxylation sites is 1. The van der Waals surface area contributed by atoms with E-state index < -0.39 is 7.12 Å². The van der Waals surface area contributed by atoms with Gasteiger partial charge in [-0.25, -0.2) is 0 Å². The highest BCUT2D eigenvalue weighted by Crippen LogP contribution is 2.47. The number of hydrogen-bond donors (Lipinski definition) is 1. The molecule has 4 rings (SSSR count). The zero-order valence-electron chi connectivity index (χ0n) is 16.5. The van der Waals surface area contributed by atoms with Crippen LogP contribution in [0.2, 0.25) is 0 Å². The third kappa shape index (κ3) is 3.38. The van der Waals surface area contributed by atoms with Gasteiger partial charge in [0.15, 0.2) is 0 Å². The molecule has 0 radical (unpaired) electrons. The first-order chi connectivity index (χ1) is 13.0. The standard InChI is InChI=1S/C21H30BNO4/c1-14(2)17-8-6-10-19-21(17,3)27-22(26-19)20(23-13-24)11-15-12-25-18-9-5-4-7-16(15)18/h4-5,7,9,13-15,17,19-20H,6,8,10-12H2,1-3H3,(H,23,24)/t15?,17-,19?,20?,21-/m0/s1. The van der Waals surface area contributed by atoms with Crippen molar-refractivity contribution in [2.24, 2.45) is 11.8 Å². The summed E-state index contributed by atoms with van der Waals surface area (Å²) in [6.45, 7) is 7.37. The summed E-state index contributed by atoms with van der Waals surface area (Å²) in [5.74, 6) is 2.03. The van der Waals surface area contributed by atoms with Crippen molar-refractivity contribution in [1.82, 2.24) is 5.32 Å². The van der Waals surface area contributed by atoms with Crippen molar-refractivity contribution in [3.8, 4) is 5.75 Å². The molecule has 5 nitrogen and oxygen atoms in total. The fourth-order valence-corrected chi connectivity index (χ4v) is 5.39. The monoisotopic (exact) mass is 371 g/mol. The van der Waals surface area contributed by atoms with Crippen LogP contribution in [-0.4, -0.2) is 37.8 Å². The molecule has 5 atom stereocenters. The number of hydrogen-bond acceptors (Lipinski definition) is 4. The minimum atomic E-state index is -0.405. The minimum absolute atomic E-state index is 0.103. The molecule has 27 heavy (non-hydrogen) atoms. The van der Waals surface area contributed by atoms with Crippen molar-refractivity contribution in [3.63, 3.8) is 0 Å². The van der Waals surface area contributed by atoms with Crippen LogP contribution in [0.3, 0.4) is 0 Å². The van der Waals surface area contributed by atoms with Crippen LogP contribution in [0.4, 0.5) is 0 Å². The van der Waals surface area contributed by atoms with E-state index in [1.807, 2.05) is 18.2 Å². The largest absolute Gasteiger partial charge is 0.493 e. The Morgan fingerprint density at radius 2 is 2.15 bits per heavy atom. The summed E-state index contributed by atoms with van der Waals surface area (Å²) in [5, 5.41) is 2.97. The second kappa shape index (κ2) is 7.48. The van der Waals surface area contributed by atoms with Crippen LogP contribution in [0, 0.1) is 11.8 Å². The summed E-state index contributed by atoms with van der Waals surface area (Å²) in [7, 11) is -0.405. The highest BCUT2D eigenvalue weighted by atomic mass is 16.7. The highest BCUT2D eigenvalue weighted by molar-refractivity contribution is 6.47. The fraction of sp³-hybridized carbons (Fsp3) is 0.667. The van der Waals surface area contributed by atoms with Crippen LogP contribution in [0.25, 0.3) is 0 Å². The van der Waals surface area contributed by atoms with E-state index in [2.05, 4.69) is 32.2 Å². The number of fused-ring (bicyclic) bond motifs is 2. The van der Waals surface area contributed by atoms with E-state index >= 15 is 0 Å². The lowest BCUT2D eigenvalue weighted by Crippen LogP contribution is -2.50. The van der Waals surface area contributed by atoms with Crippen LogP contribution in [0.1, 0.15) is 57.9 Å². The van der Waals surface area contributed by atoms with Gasteiger partial charge in [-0.05, 0) is 44.1 Å². The van der Waals surface area contributed by atoms with E-state index in [4.69, 9.17) is 14.0 Å². The number of benzene rings is 1. The van der Waals surface area contributed by atoms with Gasteiger partial charge < -0.3 is 19.4 Å². The molecular formula is C21H30BNO4. The molecule has 3 unspecified atom stereocenters. The molecule has 0 spiro atoms. The number of carbonyl (C=O) groups is 1. The van der Waals surface area contributed by atoms with Gasteiger partial charge in [-0.1, -0.05) is 38.5 Å². The lowest BCUT2D eigenvalue weighted by atomic mass is 9.69. The van der Waals surface area contributed by atoms with E-state index in [0.717, 1.165) is 25.0 Å². The summed E-state index contributed by atoms with van der Waals surface area (Å²) >= 11 is 0. The third-order valence-electron chi connectivity index (χ3n) is 6.78. The van der Waals surface area contributed by atoms with Gasteiger partial charge in [0.1, 0.15) is 5.75 Å². The van der Waals surface area contributed by atoms with Crippen molar-refractivity contribution < 1.29 is 18.8 Å². The first-order valence-corrected chi connectivity index (χ1v) is 10.3. The molecule has 3 aliphatic rings. The first-order valence-electron chi connectivity index (χ1n) is 10.3. The van der Waals surface area contributed by atoms with E-state index in [9.17, 15) is 4.79 Å². The maximum absolute atomic E-state index is 11.3. The molecule has 1 saturated heterocycles. The molecule has 146 valence electrons. The zero-order valence-corrected chi connectivity index (χ0v) is 16.5. The predicted molar refractivity (Wildman–Crippen MR) is 105 cm³/mol.